The van der Waals surface area contributed by atoms with E-state index >= 15 is 0 Å². The van der Waals surface area contributed by atoms with Gasteiger partial charge in [-0.3, -0.25) is 0 Å². The summed E-state index contributed by atoms with van der Waals surface area (Å²) in [7, 11) is 0. The van der Waals surface area contributed by atoms with Crippen LogP contribution in [0.5, 0.6) is 0 Å². The van der Waals surface area contributed by atoms with Crippen molar-refractivity contribution in [3.63, 3.8) is 0 Å². The minimum atomic E-state index is 1.07. The van der Waals surface area contributed by atoms with Gasteiger partial charge in [0.1, 0.15) is 6.71 Å². The van der Waals surface area contributed by atoms with E-state index in [1.165, 1.54) is 0 Å². The van der Waals surface area contributed by atoms with E-state index < -0.39 is 0 Å². The summed E-state index contributed by atoms with van der Waals surface area (Å²) in [6.07, 6.45) is 15.8. The van der Waals surface area contributed by atoms with Crippen molar-refractivity contribution < 1.29 is 0 Å². The predicted molar refractivity (Wildman–Crippen MR) is 79.3 cm³/mol. The zero-order valence-corrected chi connectivity index (χ0v) is 12.1. The molecule has 2 aliphatic heterocycles. The molecule has 0 aromatic rings. The Morgan fingerprint density at radius 1 is 0.667 bits per heavy atom. The largest absolute Gasteiger partial charge is 0.150 e. The van der Waals surface area contributed by atoms with Crippen molar-refractivity contribution in [2.45, 2.75) is 88.6 Å². The van der Waals surface area contributed by atoms with Gasteiger partial charge >= 0.3 is 0 Å². The average molecular weight is 244 g/mol. The molecule has 2 heterocycles. The van der Waals surface area contributed by atoms with E-state index in [2.05, 4.69) is 6.92 Å². The van der Waals surface area contributed by atoms with Crippen LogP contribution in [0.1, 0.15) is 71.1 Å². The highest BCUT2D eigenvalue weighted by atomic mass is 14.5. The van der Waals surface area contributed by atoms with Gasteiger partial charge in [-0.15, -0.1) is 0 Å². The van der Waals surface area contributed by atoms with Crippen LogP contribution in [0.25, 0.3) is 0 Å². The average Bonchev–Trinajstić information content (AvgIpc) is 2.39. The summed E-state index contributed by atoms with van der Waals surface area (Å²) in [6.45, 7) is 3.79. The van der Waals surface area contributed by atoms with Crippen molar-refractivity contribution in [3.8, 4) is 0 Å². The van der Waals surface area contributed by atoms with Crippen LogP contribution >= 0.6 is 0 Å². The molecule has 2 unspecified atom stereocenters. The topological polar surface area (TPSA) is 0 Å². The van der Waals surface area contributed by atoms with E-state index in [9.17, 15) is 0 Å². The number of rotatable bonds is 1. The maximum atomic E-state index is 2.63. The lowest BCUT2D eigenvalue weighted by Crippen LogP contribution is -2.48. The van der Waals surface area contributed by atoms with E-state index in [1.54, 1.807) is 64.2 Å². The summed E-state index contributed by atoms with van der Waals surface area (Å²) in [4.78, 5) is 0. The van der Waals surface area contributed by atoms with Crippen LogP contribution in [-0.2, 0) is 0 Å². The first-order valence-corrected chi connectivity index (χ1v) is 8.84. The highest BCUT2D eigenvalue weighted by Gasteiger charge is 2.51. The van der Waals surface area contributed by atoms with Crippen LogP contribution in [0.2, 0.25) is 17.5 Å². The minimum Gasteiger partial charge on any atom is -0.0626 e. The van der Waals surface area contributed by atoms with Crippen LogP contribution in [0, 0.1) is 17.8 Å². The number of hydrogen-bond donors (Lipinski definition) is 0. The summed E-state index contributed by atoms with van der Waals surface area (Å²) in [5, 5.41) is 0. The fourth-order valence-corrected chi connectivity index (χ4v) is 6.82. The van der Waals surface area contributed by atoms with Gasteiger partial charge in [0.15, 0.2) is 0 Å². The second-order valence-electron chi connectivity index (χ2n) is 8.07. The van der Waals surface area contributed by atoms with Crippen LogP contribution in [0.15, 0.2) is 0 Å². The molecule has 0 aromatic carbocycles. The van der Waals surface area contributed by atoms with Crippen LogP contribution in [0.4, 0.5) is 0 Å². The molecule has 0 radical (unpaired) electrons. The molecule has 0 amide bonds. The molecule has 0 N–H and O–H groups in total. The first-order chi connectivity index (χ1) is 8.84. The van der Waals surface area contributed by atoms with Crippen LogP contribution in [0.3, 0.4) is 0 Å². The quantitative estimate of drug-likeness (QED) is 0.540. The van der Waals surface area contributed by atoms with Crippen molar-refractivity contribution in [3.05, 3.63) is 0 Å². The SMILES string of the molecule is CC1C2CCC(CC2)C1B1C2CCCC1CCC2. The Morgan fingerprint density at radius 3 is 1.67 bits per heavy atom. The van der Waals surface area contributed by atoms with E-state index in [0.717, 1.165) is 41.9 Å². The molecule has 0 spiro atoms. The fraction of sp³-hybridized carbons (Fsp3) is 1.00. The number of hydrogen-bond acceptors (Lipinski definition) is 0. The van der Waals surface area contributed by atoms with Crippen LogP contribution in [-0.4, -0.2) is 6.71 Å². The van der Waals surface area contributed by atoms with Crippen LogP contribution < -0.4 is 0 Å². The third kappa shape index (κ3) is 1.72. The first kappa shape index (κ1) is 11.9. The third-order valence-electron chi connectivity index (χ3n) is 7.54. The Labute approximate surface area is 113 Å². The molecule has 100 valence electrons. The zero-order valence-electron chi connectivity index (χ0n) is 12.1. The normalized spacial score (nSPS) is 51.5. The smallest absolute Gasteiger partial charge is 0.0626 e. The molecular formula is C17H29B. The molecule has 18 heavy (non-hydrogen) atoms. The Balaban J connectivity index is 1.61. The lowest BCUT2D eigenvalue weighted by molar-refractivity contribution is 0.105. The van der Waals surface area contributed by atoms with Gasteiger partial charge in [-0.2, -0.15) is 0 Å². The monoisotopic (exact) mass is 244 g/mol. The highest BCUT2D eigenvalue weighted by Crippen LogP contribution is 2.60. The molecule has 3 saturated carbocycles. The third-order valence-corrected chi connectivity index (χ3v) is 7.54. The standard InChI is InChI=1S/C17H29B/c1-12-13-8-10-14(11-9-13)17(12)18-15-4-2-5-16(18)7-3-6-15/h12-17H,2-11H2,1H3. The molecule has 2 atom stereocenters. The van der Waals surface area contributed by atoms with Gasteiger partial charge in [-0.25, -0.2) is 0 Å². The second-order valence-corrected chi connectivity index (χ2v) is 8.07. The summed E-state index contributed by atoms with van der Waals surface area (Å²) in [6, 6.07) is 0. The molecule has 5 fully saturated rings. The molecule has 5 rings (SSSR count). The van der Waals surface area contributed by atoms with E-state index in [0.29, 0.717) is 0 Å². The Hall–Kier alpha value is 0.0649. The molecule has 5 aliphatic rings. The molecule has 0 nitrogen and oxygen atoms in total. The minimum absolute atomic E-state index is 1.07. The van der Waals surface area contributed by atoms with Crippen molar-refractivity contribution in [2.24, 2.45) is 17.8 Å². The summed E-state index contributed by atoms with van der Waals surface area (Å²) in [5.41, 5.74) is 0. The molecular weight excluding hydrogens is 215 g/mol. The van der Waals surface area contributed by atoms with Crippen molar-refractivity contribution in [1.29, 1.82) is 0 Å². The van der Waals surface area contributed by atoms with Gasteiger partial charge in [0.25, 0.3) is 0 Å². The van der Waals surface area contributed by atoms with E-state index in [4.69, 9.17) is 0 Å². The molecule has 2 saturated heterocycles. The maximum absolute atomic E-state index is 2.63. The number of fused-ring (bicyclic) bond motifs is 6. The van der Waals surface area contributed by atoms with Crippen molar-refractivity contribution in [2.75, 3.05) is 0 Å². The molecule has 4 bridgehead atoms. The Kier molecular flexibility index (Phi) is 3.01. The first-order valence-electron chi connectivity index (χ1n) is 8.84. The Morgan fingerprint density at radius 2 is 1.17 bits per heavy atom. The lowest BCUT2D eigenvalue weighted by Gasteiger charge is -2.55. The zero-order chi connectivity index (χ0) is 12.1. The second kappa shape index (κ2) is 4.56. The highest BCUT2D eigenvalue weighted by molar-refractivity contribution is 6.64. The van der Waals surface area contributed by atoms with Gasteiger partial charge in [0.05, 0.1) is 0 Å². The lowest BCUT2D eigenvalue weighted by atomic mass is 9.18. The van der Waals surface area contributed by atoms with Crippen molar-refractivity contribution >= 4 is 6.71 Å². The van der Waals surface area contributed by atoms with E-state index in [-0.39, 0.29) is 0 Å². The summed E-state index contributed by atoms with van der Waals surface area (Å²) in [5.74, 6) is 6.75. The van der Waals surface area contributed by atoms with Gasteiger partial charge < -0.3 is 0 Å². The Bertz CT molecular complexity index is 266. The van der Waals surface area contributed by atoms with Gasteiger partial charge in [0.2, 0.25) is 0 Å². The molecule has 3 aliphatic carbocycles. The van der Waals surface area contributed by atoms with Gasteiger partial charge in [0, 0.05) is 0 Å². The predicted octanol–water partition coefficient (Wildman–Crippen LogP) is 5.42. The van der Waals surface area contributed by atoms with E-state index in [1.807, 2.05) is 0 Å². The fourth-order valence-electron chi connectivity index (χ4n) is 6.82. The maximum Gasteiger partial charge on any atom is 0.150 e. The molecule has 0 aromatic heterocycles. The van der Waals surface area contributed by atoms with Crippen molar-refractivity contribution in [1.82, 2.24) is 0 Å². The molecule has 1 heteroatoms. The van der Waals surface area contributed by atoms with Gasteiger partial charge in [-0.1, -0.05) is 75.7 Å². The summed E-state index contributed by atoms with van der Waals surface area (Å²) < 4.78 is 0. The van der Waals surface area contributed by atoms with Gasteiger partial charge in [-0.05, 0) is 30.6 Å². The summed E-state index contributed by atoms with van der Waals surface area (Å²) >= 11 is 0.